The standard InChI is InChI=1S/C18H18/c1-4-15-8-12-17(13-9-15)18(5-2)16-10-6-14(3)7-11-16/h1,6-13,18H,5H2,2-3H3. The van der Waals surface area contributed by atoms with Gasteiger partial charge < -0.3 is 0 Å². The summed E-state index contributed by atoms with van der Waals surface area (Å²) >= 11 is 0. The van der Waals surface area contributed by atoms with Crippen molar-refractivity contribution < 1.29 is 0 Å². The summed E-state index contributed by atoms with van der Waals surface area (Å²) in [7, 11) is 0. The molecule has 18 heavy (non-hydrogen) atoms. The van der Waals surface area contributed by atoms with Crippen LogP contribution in [0.2, 0.25) is 0 Å². The fourth-order valence-corrected chi connectivity index (χ4v) is 2.27. The zero-order valence-electron chi connectivity index (χ0n) is 11.0. The van der Waals surface area contributed by atoms with E-state index < -0.39 is 0 Å². The van der Waals surface area contributed by atoms with Crippen molar-refractivity contribution in [1.82, 2.24) is 0 Å². The van der Waals surface area contributed by atoms with Gasteiger partial charge in [-0.05, 0) is 36.6 Å². The summed E-state index contributed by atoms with van der Waals surface area (Å²) in [6, 6.07) is 17.1. The maximum absolute atomic E-state index is 5.39. The topological polar surface area (TPSA) is 0 Å². The molecule has 0 aliphatic heterocycles. The van der Waals surface area contributed by atoms with Crippen molar-refractivity contribution in [3.8, 4) is 12.3 Å². The van der Waals surface area contributed by atoms with Crippen LogP contribution in [0.25, 0.3) is 0 Å². The van der Waals surface area contributed by atoms with Gasteiger partial charge in [0.25, 0.3) is 0 Å². The molecule has 0 radical (unpaired) electrons. The molecule has 0 fully saturated rings. The van der Waals surface area contributed by atoms with E-state index in [0.29, 0.717) is 5.92 Å². The molecule has 0 amide bonds. The number of benzene rings is 2. The Kier molecular flexibility index (Phi) is 3.85. The van der Waals surface area contributed by atoms with Gasteiger partial charge in [-0.2, -0.15) is 0 Å². The molecular formula is C18H18. The lowest BCUT2D eigenvalue weighted by molar-refractivity contribution is 0.777. The lowest BCUT2D eigenvalue weighted by Gasteiger charge is -2.16. The van der Waals surface area contributed by atoms with E-state index in [1.165, 1.54) is 16.7 Å². The van der Waals surface area contributed by atoms with Crippen LogP contribution in [0, 0.1) is 19.3 Å². The van der Waals surface area contributed by atoms with Gasteiger partial charge in [0.1, 0.15) is 0 Å². The number of rotatable bonds is 3. The molecule has 1 unspecified atom stereocenters. The first-order valence-corrected chi connectivity index (χ1v) is 6.37. The second-order valence-electron chi connectivity index (χ2n) is 4.64. The summed E-state index contributed by atoms with van der Waals surface area (Å²) in [5.41, 5.74) is 4.95. The summed E-state index contributed by atoms with van der Waals surface area (Å²) in [5, 5.41) is 0. The van der Waals surface area contributed by atoms with Crippen molar-refractivity contribution in [3.63, 3.8) is 0 Å². The first kappa shape index (κ1) is 12.5. The average Bonchev–Trinajstić information content (AvgIpc) is 2.42. The van der Waals surface area contributed by atoms with Crippen LogP contribution in [0.1, 0.15) is 41.5 Å². The predicted molar refractivity (Wildman–Crippen MR) is 77.7 cm³/mol. The minimum atomic E-state index is 0.456. The fraction of sp³-hybridized carbons (Fsp3) is 0.222. The minimum Gasteiger partial charge on any atom is -0.115 e. The molecule has 0 saturated heterocycles. The van der Waals surface area contributed by atoms with Crippen molar-refractivity contribution >= 4 is 0 Å². The molecule has 0 heteroatoms. The van der Waals surface area contributed by atoms with E-state index in [2.05, 4.69) is 56.2 Å². The number of aryl methyl sites for hydroxylation is 1. The second kappa shape index (κ2) is 5.56. The molecule has 0 N–H and O–H groups in total. The van der Waals surface area contributed by atoms with Gasteiger partial charge in [0.15, 0.2) is 0 Å². The largest absolute Gasteiger partial charge is 0.115 e. The number of hydrogen-bond donors (Lipinski definition) is 0. The summed E-state index contributed by atoms with van der Waals surface area (Å²) in [6.07, 6.45) is 6.48. The Morgan fingerprint density at radius 1 is 0.944 bits per heavy atom. The third kappa shape index (κ3) is 2.63. The van der Waals surface area contributed by atoms with E-state index in [1.807, 2.05) is 12.1 Å². The first-order valence-electron chi connectivity index (χ1n) is 6.37. The molecule has 0 nitrogen and oxygen atoms in total. The van der Waals surface area contributed by atoms with Crippen LogP contribution in [0.5, 0.6) is 0 Å². The summed E-state index contributed by atoms with van der Waals surface area (Å²) < 4.78 is 0. The van der Waals surface area contributed by atoms with E-state index in [1.54, 1.807) is 0 Å². The monoisotopic (exact) mass is 234 g/mol. The van der Waals surface area contributed by atoms with Crippen LogP contribution in [-0.4, -0.2) is 0 Å². The first-order chi connectivity index (χ1) is 8.74. The lowest BCUT2D eigenvalue weighted by atomic mass is 9.88. The molecule has 0 aliphatic rings. The highest BCUT2D eigenvalue weighted by Crippen LogP contribution is 2.28. The van der Waals surface area contributed by atoms with E-state index >= 15 is 0 Å². The molecule has 0 spiro atoms. The van der Waals surface area contributed by atoms with E-state index in [4.69, 9.17) is 6.42 Å². The molecule has 0 saturated carbocycles. The van der Waals surface area contributed by atoms with Crippen LogP contribution >= 0.6 is 0 Å². The Balaban J connectivity index is 2.33. The van der Waals surface area contributed by atoms with Crippen molar-refractivity contribution in [2.24, 2.45) is 0 Å². The van der Waals surface area contributed by atoms with E-state index in [-0.39, 0.29) is 0 Å². The van der Waals surface area contributed by atoms with Crippen LogP contribution in [0.15, 0.2) is 48.5 Å². The SMILES string of the molecule is C#Cc1ccc(C(CC)c2ccc(C)cc2)cc1. The Labute approximate surface area is 110 Å². The Hall–Kier alpha value is -2.00. The highest BCUT2D eigenvalue weighted by Gasteiger charge is 2.11. The van der Waals surface area contributed by atoms with Gasteiger partial charge in [-0.1, -0.05) is 54.8 Å². The molecule has 2 rings (SSSR count). The number of hydrogen-bond acceptors (Lipinski definition) is 0. The zero-order valence-corrected chi connectivity index (χ0v) is 11.0. The molecular weight excluding hydrogens is 216 g/mol. The molecule has 0 aromatic heterocycles. The maximum Gasteiger partial charge on any atom is 0.0242 e. The van der Waals surface area contributed by atoms with Crippen molar-refractivity contribution in [2.45, 2.75) is 26.2 Å². The van der Waals surface area contributed by atoms with Gasteiger partial charge in [0.05, 0.1) is 0 Å². The average molecular weight is 234 g/mol. The van der Waals surface area contributed by atoms with Crippen molar-refractivity contribution in [1.29, 1.82) is 0 Å². The second-order valence-corrected chi connectivity index (χ2v) is 4.64. The lowest BCUT2D eigenvalue weighted by Crippen LogP contribution is -1.99. The van der Waals surface area contributed by atoms with Gasteiger partial charge in [0.2, 0.25) is 0 Å². The quantitative estimate of drug-likeness (QED) is 0.685. The van der Waals surface area contributed by atoms with E-state index in [9.17, 15) is 0 Å². The third-order valence-electron chi connectivity index (χ3n) is 3.37. The molecule has 0 heterocycles. The Morgan fingerprint density at radius 3 is 1.89 bits per heavy atom. The van der Waals surface area contributed by atoms with Gasteiger partial charge >= 0.3 is 0 Å². The Morgan fingerprint density at radius 2 is 1.44 bits per heavy atom. The molecule has 0 aliphatic carbocycles. The predicted octanol–water partition coefficient (Wildman–Crippen LogP) is 4.52. The smallest absolute Gasteiger partial charge is 0.0242 e. The molecule has 2 aromatic rings. The normalized spacial score (nSPS) is 11.8. The summed E-state index contributed by atoms with van der Waals surface area (Å²) in [4.78, 5) is 0. The van der Waals surface area contributed by atoms with Gasteiger partial charge in [-0.3, -0.25) is 0 Å². The van der Waals surface area contributed by atoms with Crippen molar-refractivity contribution in [2.75, 3.05) is 0 Å². The van der Waals surface area contributed by atoms with E-state index in [0.717, 1.165) is 12.0 Å². The number of terminal acetylenes is 1. The van der Waals surface area contributed by atoms with Gasteiger partial charge in [0, 0.05) is 11.5 Å². The van der Waals surface area contributed by atoms with Crippen LogP contribution in [-0.2, 0) is 0 Å². The van der Waals surface area contributed by atoms with Gasteiger partial charge in [-0.25, -0.2) is 0 Å². The highest BCUT2D eigenvalue weighted by molar-refractivity contribution is 5.39. The molecule has 0 bridgehead atoms. The third-order valence-corrected chi connectivity index (χ3v) is 3.37. The fourth-order valence-electron chi connectivity index (χ4n) is 2.27. The molecule has 90 valence electrons. The van der Waals surface area contributed by atoms with Crippen LogP contribution in [0.3, 0.4) is 0 Å². The summed E-state index contributed by atoms with van der Waals surface area (Å²) in [5.74, 6) is 3.11. The van der Waals surface area contributed by atoms with Gasteiger partial charge in [-0.15, -0.1) is 6.42 Å². The minimum absolute atomic E-state index is 0.456. The summed E-state index contributed by atoms with van der Waals surface area (Å²) in [6.45, 7) is 4.34. The molecule has 1 atom stereocenters. The maximum atomic E-state index is 5.39. The zero-order chi connectivity index (χ0) is 13.0. The highest BCUT2D eigenvalue weighted by atomic mass is 14.2. The Bertz CT molecular complexity index is 538. The van der Waals surface area contributed by atoms with Crippen molar-refractivity contribution in [3.05, 3.63) is 70.8 Å². The van der Waals surface area contributed by atoms with Crippen LogP contribution < -0.4 is 0 Å². The van der Waals surface area contributed by atoms with Crippen LogP contribution in [0.4, 0.5) is 0 Å². The molecule has 2 aromatic carbocycles.